The fraction of sp³-hybridized carbons (Fsp3) is 0.682. The molecule has 0 spiro atoms. The predicted molar refractivity (Wildman–Crippen MR) is 115 cm³/mol. The Balaban J connectivity index is 1.40. The molecular weight excluding hydrogens is 390 g/mol. The van der Waals surface area contributed by atoms with Gasteiger partial charge in [0.1, 0.15) is 13.2 Å². The first kappa shape index (κ1) is 20.6. The van der Waals surface area contributed by atoms with E-state index < -0.39 is 0 Å². The highest BCUT2D eigenvalue weighted by Crippen LogP contribution is 2.43. The van der Waals surface area contributed by atoms with Crippen molar-refractivity contribution in [3.8, 4) is 11.5 Å². The lowest BCUT2D eigenvalue weighted by Gasteiger charge is -2.39. The van der Waals surface area contributed by atoms with Gasteiger partial charge in [-0.2, -0.15) is 0 Å². The molecule has 6 nitrogen and oxygen atoms in total. The van der Waals surface area contributed by atoms with E-state index in [4.69, 9.17) is 26.8 Å². The van der Waals surface area contributed by atoms with Crippen molar-refractivity contribution in [2.24, 2.45) is 5.92 Å². The van der Waals surface area contributed by atoms with Crippen LogP contribution in [0.4, 0.5) is 5.69 Å². The highest BCUT2D eigenvalue weighted by atomic mass is 35.5. The first-order valence-electron chi connectivity index (χ1n) is 10.9. The van der Waals surface area contributed by atoms with Crippen molar-refractivity contribution in [3.05, 3.63) is 16.7 Å². The molecule has 0 bridgehead atoms. The highest BCUT2D eigenvalue weighted by Gasteiger charge is 2.31. The fourth-order valence-electron chi connectivity index (χ4n) is 4.94. The molecule has 1 saturated heterocycles. The van der Waals surface area contributed by atoms with Gasteiger partial charge in [-0.25, -0.2) is 0 Å². The number of nitrogens with zero attached hydrogens (tertiary/aromatic N) is 2. The second kappa shape index (κ2) is 9.00. The van der Waals surface area contributed by atoms with Crippen molar-refractivity contribution in [1.82, 2.24) is 9.80 Å². The average molecular weight is 422 g/mol. The molecule has 0 aromatic heterocycles. The predicted octanol–water partition coefficient (Wildman–Crippen LogP) is 3.81. The quantitative estimate of drug-likeness (QED) is 0.748. The molecule has 1 amide bonds. The first-order chi connectivity index (χ1) is 14.0. The van der Waals surface area contributed by atoms with Crippen LogP contribution in [-0.4, -0.2) is 61.6 Å². The molecule has 2 aliphatic heterocycles. The molecule has 1 aliphatic carbocycles. The lowest BCUT2D eigenvalue weighted by atomic mass is 9.88. The maximum absolute atomic E-state index is 13.3. The average Bonchev–Trinajstić information content (AvgIpc) is 2.76. The second-order valence-corrected chi connectivity index (χ2v) is 9.03. The monoisotopic (exact) mass is 421 g/mol. The summed E-state index contributed by atoms with van der Waals surface area (Å²) in [6, 6.07) is 1.84. The summed E-state index contributed by atoms with van der Waals surface area (Å²) >= 11 is 6.26. The van der Waals surface area contributed by atoms with Gasteiger partial charge in [0.25, 0.3) is 5.91 Å². The maximum Gasteiger partial charge on any atom is 0.257 e. The van der Waals surface area contributed by atoms with Gasteiger partial charge in [-0.1, -0.05) is 30.9 Å². The van der Waals surface area contributed by atoms with E-state index in [9.17, 15) is 4.79 Å². The Bertz CT molecular complexity index is 743. The van der Waals surface area contributed by atoms with Crippen LogP contribution < -0.4 is 15.2 Å². The van der Waals surface area contributed by atoms with Gasteiger partial charge in [-0.3, -0.25) is 4.79 Å². The number of hydrogen-bond acceptors (Lipinski definition) is 5. The number of nitrogen functional groups attached to an aromatic ring is 1. The van der Waals surface area contributed by atoms with E-state index in [1.54, 1.807) is 6.07 Å². The van der Waals surface area contributed by atoms with Crippen LogP contribution in [0.3, 0.4) is 0 Å². The van der Waals surface area contributed by atoms with Gasteiger partial charge in [0.15, 0.2) is 11.5 Å². The Kier molecular flexibility index (Phi) is 6.40. The summed E-state index contributed by atoms with van der Waals surface area (Å²) in [7, 11) is 1.88. The van der Waals surface area contributed by atoms with Gasteiger partial charge in [0.2, 0.25) is 0 Å². The minimum absolute atomic E-state index is 0.0839. The zero-order valence-corrected chi connectivity index (χ0v) is 18.0. The fourth-order valence-corrected chi connectivity index (χ4v) is 5.13. The van der Waals surface area contributed by atoms with Crippen molar-refractivity contribution in [2.45, 2.75) is 51.0 Å². The van der Waals surface area contributed by atoms with Crippen LogP contribution >= 0.6 is 11.6 Å². The largest absolute Gasteiger partial charge is 0.485 e. The van der Waals surface area contributed by atoms with Crippen LogP contribution in [0, 0.1) is 5.92 Å². The molecule has 29 heavy (non-hydrogen) atoms. The molecule has 0 unspecified atom stereocenters. The van der Waals surface area contributed by atoms with Crippen molar-refractivity contribution >= 4 is 23.2 Å². The molecule has 4 rings (SSSR count). The standard InChI is InChI=1S/C22H32ClN3O3/c1-25(16-7-9-26(10-8-16)14-15-5-3-2-4-6-15)22(27)17-13-18(23)19(24)21-20(17)28-11-12-29-21/h13,15-16H,2-12,14,24H2,1H3. The SMILES string of the molecule is CN(C(=O)c1cc(Cl)c(N)c2c1OCCO2)C1CCN(CC2CCCCC2)CC1. The molecule has 2 fully saturated rings. The van der Waals surface area contributed by atoms with Gasteiger partial charge < -0.3 is 25.0 Å². The molecule has 2 heterocycles. The van der Waals surface area contributed by atoms with Crippen LogP contribution in [0.5, 0.6) is 11.5 Å². The molecule has 1 saturated carbocycles. The zero-order chi connectivity index (χ0) is 20.4. The minimum Gasteiger partial charge on any atom is -0.485 e. The van der Waals surface area contributed by atoms with E-state index in [1.165, 1.54) is 38.6 Å². The summed E-state index contributed by atoms with van der Waals surface area (Å²) in [4.78, 5) is 17.7. The molecule has 7 heteroatoms. The number of hydrogen-bond donors (Lipinski definition) is 1. The first-order valence-corrected chi connectivity index (χ1v) is 11.3. The van der Waals surface area contributed by atoms with Crippen LogP contribution in [0.25, 0.3) is 0 Å². The number of benzene rings is 1. The lowest BCUT2D eigenvalue weighted by molar-refractivity contribution is 0.0612. The van der Waals surface area contributed by atoms with E-state index in [-0.39, 0.29) is 11.9 Å². The van der Waals surface area contributed by atoms with Crippen LogP contribution in [-0.2, 0) is 0 Å². The smallest absolute Gasteiger partial charge is 0.257 e. The van der Waals surface area contributed by atoms with Gasteiger partial charge in [-0.05, 0) is 37.7 Å². The number of likely N-dealkylation sites (tertiary alicyclic amines) is 1. The minimum atomic E-state index is -0.0839. The van der Waals surface area contributed by atoms with E-state index in [1.807, 2.05) is 11.9 Å². The number of carbonyl (C=O) groups is 1. The number of anilines is 1. The Morgan fingerprint density at radius 3 is 2.48 bits per heavy atom. The molecule has 160 valence electrons. The number of fused-ring (bicyclic) bond motifs is 1. The summed E-state index contributed by atoms with van der Waals surface area (Å²) in [5.74, 6) is 1.59. The van der Waals surface area contributed by atoms with Gasteiger partial charge >= 0.3 is 0 Å². The third-order valence-corrected chi connectivity index (χ3v) is 7.01. The normalized spacial score (nSPS) is 21.2. The third-order valence-electron chi connectivity index (χ3n) is 6.70. The summed E-state index contributed by atoms with van der Waals surface area (Å²) in [6.07, 6.45) is 8.93. The number of carbonyl (C=O) groups excluding carboxylic acids is 1. The maximum atomic E-state index is 13.3. The molecule has 0 atom stereocenters. The summed E-state index contributed by atoms with van der Waals surface area (Å²) in [6.45, 7) is 4.13. The van der Waals surface area contributed by atoms with Crippen LogP contribution in [0.2, 0.25) is 5.02 Å². The van der Waals surface area contributed by atoms with E-state index >= 15 is 0 Å². The molecule has 3 aliphatic rings. The zero-order valence-electron chi connectivity index (χ0n) is 17.3. The van der Waals surface area contributed by atoms with Gasteiger partial charge in [0.05, 0.1) is 16.3 Å². The molecular formula is C22H32ClN3O3. The molecule has 0 radical (unpaired) electrons. The Labute approximate surface area is 178 Å². The summed E-state index contributed by atoms with van der Waals surface area (Å²) in [5.41, 5.74) is 6.78. The van der Waals surface area contributed by atoms with Crippen molar-refractivity contribution in [2.75, 3.05) is 45.6 Å². The Morgan fingerprint density at radius 1 is 1.14 bits per heavy atom. The van der Waals surface area contributed by atoms with E-state index in [0.717, 1.165) is 31.8 Å². The Hall–Kier alpha value is -1.66. The van der Waals surface area contributed by atoms with Crippen molar-refractivity contribution in [1.29, 1.82) is 0 Å². The molecule has 2 N–H and O–H groups in total. The Morgan fingerprint density at radius 2 is 1.79 bits per heavy atom. The summed E-state index contributed by atoms with van der Waals surface area (Å²) < 4.78 is 11.4. The molecule has 1 aromatic rings. The molecule has 1 aromatic carbocycles. The van der Waals surface area contributed by atoms with Crippen LogP contribution in [0.1, 0.15) is 55.3 Å². The number of halogens is 1. The van der Waals surface area contributed by atoms with E-state index in [2.05, 4.69) is 4.90 Å². The van der Waals surface area contributed by atoms with Crippen LogP contribution in [0.15, 0.2) is 6.07 Å². The van der Waals surface area contributed by atoms with Gasteiger partial charge in [-0.15, -0.1) is 0 Å². The lowest BCUT2D eigenvalue weighted by Crippen LogP contribution is -2.46. The van der Waals surface area contributed by atoms with E-state index in [0.29, 0.717) is 41.0 Å². The van der Waals surface area contributed by atoms with Crippen molar-refractivity contribution in [3.63, 3.8) is 0 Å². The number of nitrogens with two attached hydrogens (primary N) is 1. The van der Waals surface area contributed by atoms with Crippen molar-refractivity contribution < 1.29 is 14.3 Å². The second-order valence-electron chi connectivity index (χ2n) is 8.63. The highest BCUT2D eigenvalue weighted by molar-refractivity contribution is 6.34. The third kappa shape index (κ3) is 4.43. The topological polar surface area (TPSA) is 68.0 Å². The number of rotatable bonds is 4. The number of piperidine rings is 1. The summed E-state index contributed by atoms with van der Waals surface area (Å²) in [5, 5.41) is 0.327. The number of amides is 1. The van der Waals surface area contributed by atoms with Gasteiger partial charge in [0, 0.05) is 32.7 Å². The number of ether oxygens (including phenoxy) is 2.